The summed E-state index contributed by atoms with van der Waals surface area (Å²) < 4.78 is 8.42. The molecule has 2 aliphatic heterocycles. The van der Waals surface area contributed by atoms with Crippen molar-refractivity contribution < 1.29 is 4.74 Å². The van der Waals surface area contributed by atoms with Crippen molar-refractivity contribution in [1.82, 2.24) is 19.6 Å². The van der Waals surface area contributed by atoms with Crippen LogP contribution in [-0.2, 0) is 4.74 Å². The van der Waals surface area contributed by atoms with Crippen molar-refractivity contribution in [1.29, 1.82) is 0 Å². The Morgan fingerprint density at radius 1 is 1.36 bits per heavy atom. The highest BCUT2D eigenvalue weighted by Crippen LogP contribution is 2.41. The predicted molar refractivity (Wildman–Crippen MR) is 85.8 cm³/mol. The first-order chi connectivity index (χ1) is 10.6. The Balaban J connectivity index is 1.59. The molecule has 2 saturated heterocycles. The molecule has 2 aromatic rings. The van der Waals surface area contributed by atoms with Crippen molar-refractivity contribution in [3.05, 3.63) is 17.0 Å². The van der Waals surface area contributed by atoms with Gasteiger partial charge in [-0.1, -0.05) is 0 Å². The number of aromatic nitrogens is 4. The molecule has 0 saturated carbocycles. The molecule has 0 unspecified atom stereocenters. The number of anilines is 1. The Labute approximate surface area is 137 Å². The molecule has 0 radical (unpaired) electrons. The van der Waals surface area contributed by atoms with Gasteiger partial charge in [0.15, 0.2) is 5.65 Å². The van der Waals surface area contributed by atoms with Crippen LogP contribution in [0, 0.1) is 5.41 Å². The highest BCUT2D eigenvalue weighted by atomic mass is 79.9. The van der Waals surface area contributed by atoms with Gasteiger partial charge in [0.1, 0.15) is 6.33 Å². The average Bonchev–Trinajstić information content (AvgIpc) is 3.12. The van der Waals surface area contributed by atoms with Crippen LogP contribution in [0.1, 0.15) is 19.8 Å². The Bertz CT molecular complexity index is 696. The molecule has 0 bridgehead atoms. The number of ether oxygens (including phenoxy) is 1. The minimum atomic E-state index is 0.118. The fraction of sp³-hybridized carbons (Fsp3) is 0.643. The maximum atomic E-state index is 6.37. The van der Waals surface area contributed by atoms with Gasteiger partial charge in [-0.15, -0.1) is 0 Å². The lowest BCUT2D eigenvalue weighted by Crippen LogP contribution is -2.51. The number of piperidine rings is 1. The van der Waals surface area contributed by atoms with Crippen molar-refractivity contribution in [2.24, 2.45) is 11.1 Å². The van der Waals surface area contributed by atoms with Gasteiger partial charge in [0, 0.05) is 30.7 Å². The molecule has 118 valence electrons. The second-order valence-corrected chi connectivity index (χ2v) is 7.15. The van der Waals surface area contributed by atoms with Crippen LogP contribution >= 0.6 is 15.9 Å². The molecule has 7 nitrogen and oxygen atoms in total. The zero-order valence-electron chi connectivity index (χ0n) is 12.4. The minimum Gasteiger partial charge on any atom is -0.376 e. The number of hydrogen-bond donors (Lipinski definition) is 1. The lowest BCUT2D eigenvalue weighted by molar-refractivity contribution is 0.0973. The summed E-state index contributed by atoms with van der Waals surface area (Å²) in [5, 5.41) is 4.29. The van der Waals surface area contributed by atoms with Gasteiger partial charge in [-0.05, 0) is 35.7 Å². The normalized spacial score (nSPS) is 27.9. The van der Waals surface area contributed by atoms with E-state index in [4.69, 9.17) is 10.5 Å². The summed E-state index contributed by atoms with van der Waals surface area (Å²) in [6.45, 7) is 4.66. The molecule has 0 aliphatic carbocycles. The van der Waals surface area contributed by atoms with Crippen molar-refractivity contribution in [2.75, 3.05) is 24.6 Å². The van der Waals surface area contributed by atoms with Gasteiger partial charge < -0.3 is 15.4 Å². The SMILES string of the molecule is C[C@@H]1OCC2(CCN(c3ncc(Br)c4ncnn34)CC2)[C@@H]1N. The number of nitrogens with two attached hydrogens (primary N) is 1. The second-order valence-electron chi connectivity index (χ2n) is 6.29. The van der Waals surface area contributed by atoms with E-state index in [-0.39, 0.29) is 17.6 Å². The molecule has 4 heterocycles. The lowest BCUT2D eigenvalue weighted by Gasteiger charge is -2.41. The van der Waals surface area contributed by atoms with Gasteiger partial charge in [-0.3, -0.25) is 0 Å². The van der Waals surface area contributed by atoms with E-state index in [0.717, 1.165) is 48.6 Å². The third-order valence-corrected chi connectivity index (χ3v) is 5.69. The maximum Gasteiger partial charge on any atom is 0.228 e. The molecule has 1 spiro atoms. The molecule has 0 amide bonds. The Kier molecular flexibility index (Phi) is 3.35. The van der Waals surface area contributed by atoms with Crippen LogP contribution in [0.4, 0.5) is 5.95 Å². The van der Waals surface area contributed by atoms with Crippen LogP contribution in [0.3, 0.4) is 0 Å². The summed E-state index contributed by atoms with van der Waals surface area (Å²) in [5.74, 6) is 0.839. The van der Waals surface area contributed by atoms with Crippen molar-refractivity contribution in [3.8, 4) is 0 Å². The van der Waals surface area contributed by atoms with E-state index in [1.807, 2.05) is 0 Å². The van der Waals surface area contributed by atoms with Crippen LogP contribution in [0.25, 0.3) is 5.65 Å². The smallest absolute Gasteiger partial charge is 0.228 e. The number of halogens is 1. The zero-order chi connectivity index (χ0) is 15.3. The van der Waals surface area contributed by atoms with Crippen molar-refractivity contribution >= 4 is 27.5 Å². The Hall–Kier alpha value is -1.25. The van der Waals surface area contributed by atoms with Crippen molar-refractivity contribution in [3.63, 3.8) is 0 Å². The molecular weight excluding hydrogens is 348 g/mol. The molecule has 2 fully saturated rings. The van der Waals surface area contributed by atoms with E-state index >= 15 is 0 Å². The molecule has 0 aromatic carbocycles. The molecule has 2 atom stereocenters. The van der Waals surface area contributed by atoms with Crippen LogP contribution in [-0.4, -0.2) is 51.4 Å². The number of rotatable bonds is 1. The molecule has 22 heavy (non-hydrogen) atoms. The van der Waals surface area contributed by atoms with Crippen LogP contribution in [0.2, 0.25) is 0 Å². The summed E-state index contributed by atoms with van der Waals surface area (Å²) in [6.07, 6.45) is 5.54. The third-order valence-electron chi connectivity index (χ3n) is 5.13. The van der Waals surface area contributed by atoms with Gasteiger partial charge in [0.05, 0.1) is 17.2 Å². The molecule has 8 heteroatoms. The summed E-state index contributed by atoms with van der Waals surface area (Å²) in [6, 6.07) is 0.124. The fourth-order valence-electron chi connectivity index (χ4n) is 3.62. The lowest BCUT2D eigenvalue weighted by atomic mass is 9.73. The van der Waals surface area contributed by atoms with E-state index in [9.17, 15) is 0 Å². The van der Waals surface area contributed by atoms with E-state index in [1.54, 1.807) is 17.0 Å². The highest BCUT2D eigenvalue weighted by Gasteiger charge is 2.47. The Morgan fingerprint density at radius 2 is 2.14 bits per heavy atom. The highest BCUT2D eigenvalue weighted by molar-refractivity contribution is 9.10. The number of fused-ring (bicyclic) bond motifs is 1. The van der Waals surface area contributed by atoms with Gasteiger partial charge in [-0.25, -0.2) is 9.97 Å². The minimum absolute atomic E-state index is 0.118. The first-order valence-corrected chi connectivity index (χ1v) is 8.36. The summed E-state index contributed by atoms with van der Waals surface area (Å²) in [7, 11) is 0. The summed E-state index contributed by atoms with van der Waals surface area (Å²) in [5.41, 5.74) is 7.28. The first kappa shape index (κ1) is 14.3. The van der Waals surface area contributed by atoms with Crippen LogP contribution in [0.15, 0.2) is 17.0 Å². The quantitative estimate of drug-likeness (QED) is 0.816. The van der Waals surface area contributed by atoms with E-state index < -0.39 is 0 Å². The van der Waals surface area contributed by atoms with Crippen LogP contribution < -0.4 is 10.6 Å². The largest absolute Gasteiger partial charge is 0.376 e. The molecule has 2 aromatic heterocycles. The summed E-state index contributed by atoms with van der Waals surface area (Å²) >= 11 is 3.46. The monoisotopic (exact) mass is 366 g/mol. The van der Waals surface area contributed by atoms with E-state index in [0.29, 0.717) is 0 Å². The third kappa shape index (κ3) is 2.04. The Morgan fingerprint density at radius 3 is 2.82 bits per heavy atom. The van der Waals surface area contributed by atoms with Gasteiger partial charge >= 0.3 is 0 Å². The van der Waals surface area contributed by atoms with E-state index in [2.05, 4.69) is 42.8 Å². The average molecular weight is 367 g/mol. The molecular formula is C14H19BrN6O. The first-order valence-electron chi connectivity index (χ1n) is 7.57. The van der Waals surface area contributed by atoms with Gasteiger partial charge in [0.2, 0.25) is 5.95 Å². The maximum absolute atomic E-state index is 6.37. The molecule has 4 rings (SSSR count). The molecule has 2 N–H and O–H groups in total. The number of hydrogen-bond acceptors (Lipinski definition) is 6. The standard InChI is InChI=1S/C14H19BrN6O/c1-9-11(16)14(7-22-9)2-4-20(5-3-14)13-17-6-10(15)12-18-8-19-21(12)13/h6,8-9,11H,2-5,7,16H2,1H3/t9-,11+/m0/s1. The fourth-order valence-corrected chi connectivity index (χ4v) is 3.99. The molecule has 2 aliphatic rings. The zero-order valence-corrected chi connectivity index (χ0v) is 14.0. The predicted octanol–water partition coefficient (Wildman–Crippen LogP) is 1.22. The van der Waals surface area contributed by atoms with Crippen LogP contribution in [0.5, 0.6) is 0 Å². The van der Waals surface area contributed by atoms with Gasteiger partial charge in [0.25, 0.3) is 0 Å². The summed E-state index contributed by atoms with van der Waals surface area (Å²) in [4.78, 5) is 11.1. The second kappa shape index (κ2) is 5.14. The van der Waals surface area contributed by atoms with Crippen molar-refractivity contribution in [2.45, 2.75) is 31.9 Å². The number of nitrogens with zero attached hydrogens (tertiary/aromatic N) is 5. The van der Waals surface area contributed by atoms with E-state index in [1.165, 1.54) is 0 Å². The topological polar surface area (TPSA) is 81.6 Å². The van der Waals surface area contributed by atoms with Gasteiger partial charge in [-0.2, -0.15) is 9.61 Å².